The molecule has 0 aromatic carbocycles. The van der Waals surface area contributed by atoms with E-state index in [9.17, 15) is 10.0 Å². The van der Waals surface area contributed by atoms with Crippen LogP contribution < -0.4 is 0 Å². The van der Waals surface area contributed by atoms with Crippen molar-refractivity contribution in [3.8, 4) is 0 Å². The van der Waals surface area contributed by atoms with E-state index in [0.717, 1.165) is 12.8 Å². The normalized spacial score (nSPS) is 13.1. The lowest BCUT2D eigenvalue weighted by molar-refractivity contribution is -0.133. The van der Waals surface area contributed by atoms with E-state index >= 15 is 0 Å². The van der Waals surface area contributed by atoms with Crippen LogP contribution >= 0.6 is 0 Å². The predicted molar refractivity (Wildman–Crippen MR) is 126 cm³/mol. The van der Waals surface area contributed by atoms with Crippen molar-refractivity contribution in [1.29, 1.82) is 0 Å². The summed E-state index contributed by atoms with van der Waals surface area (Å²) < 4.78 is 0. The second kappa shape index (κ2) is 20.6. The Morgan fingerprint density at radius 3 is 1.83 bits per heavy atom. The monoisotopic (exact) mass is 410 g/mol. The molecule has 0 aliphatic carbocycles. The summed E-state index contributed by atoms with van der Waals surface area (Å²) >= 11 is 0. The Hall–Kier alpha value is -0.710. The summed E-state index contributed by atoms with van der Waals surface area (Å²) in [6.45, 7) is 5.88. The number of Topliss-reactive ketones (excluding diaryl/α,β-unsaturated/α-hetero) is 1. The average Bonchev–Trinajstić information content (AvgIpc) is 2.69. The third-order valence-corrected chi connectivity index (χ3v) is 5.52. The van der Waals surface area contributed by atoms with Gasteiger partial charge < -0.3 is 10.1 Å². The molecular weight excluding hydrogens is 360 g/mol. The van der Waals surface area contributed by atoms with Gasteiger partial charge in [0.1, 0.15) is 5.78 Å². The molecule has 172 valence electrons. The third-order valence-electron chi connectivity index (χ3n) is 5.52. The maximum atomic E-state index is 12.5. The van der Waals surface area contributed by atoms with Crippen LogP contribution in [0, 0.1) is 5.92 Å². The van der Waals surface area contributed by atoms with Crippen molar-refractivity contribution in [3.05, 3.63) is 12.2 Å². The van der Waals surface area contributed by atoms with Gasteiger partial charge in [0.2, 0.25) is 0 Å². The van der Waals surface area contributed by atoms with E-state index in [0.29, 0.717) is 31.8 Å². The van der Waals surface area contributed by atoms with E-state index in [1.54, 1.807) is 0 Å². The number of unbranched alkanes of at least 4 members (excludes halogenated alkanes) is 11. The molecule has 0 aromatic rings. The van der Waals surface area contributed by atoms with E-state index in [4.69, 9.17) is 0 Å². The molecule has 0 radical (unpaired) electrons. The number of carbonyl (C=O) groups excluding carboxylic acids is 1. The highest BCUT2D eigenvalue weighted by Gasteiger charge is 2.20. The molecule has 4 nitrogen and oxygen atoms in total. The molecule has 0 aliphatic rings. The number of nitrogens with zero attached hydrogens (tertiary/aromatic N) is 2. The molecule has 0 spiro atoms. The van der Waals surface area contributed by atoms with Crippen LogP contribution in [0.3, 0.4) is 0 Å². The Morgan fingerprint density at radius 2 is 1.31 bits per heavy atom. The van der Waals surface area contributed by atoms with Crippen molar-refractivity contribution in [2.75, 3.05) is 33.7 Å². The largest absolute Gasteiger partial charge is 0.314 e. The summed E-state index contributed by atoms with van der Waals surface area (Å²) in [7, 11) is 3.96. The number of allylic oxidation sites excluding steroid dienone is 2. The van der Waals surface area contributed by atoms with Gasteiger partial charge in [-0.25, -0.2) is 0 Å². The van der Waals surface area contributed by atoms with E-state index in [2.05, 4.69) is 19.1 Å². The van der Waals surface area contributed by atoms with Gasteiger partial charge in [0, 0.05) is 32.0 Å². The standard InChI is InChI=1S/C25H50N2O2/c1-5-7-8-9-10-11-12-13-14-15-16-17-18-19-20-21-25(28)24(22-26(3)4)23-27(29)6-2/h13-14,24,29H,5-12,15-23H2,1-4H3/b14-13-. The third kappa shape index (κ3) is 19.0. The quantitative estimate of drug-likeness (QED) is 0.134. The van der Waals surface area contributed by atoms with E-state index < -0.39 is 0 Å². The second-order valence-corrected chi connectivity index (χ2v) is 8.77. The van der Waals surface area contributed by atoms with Crippen molar-refractivity contribution >= 4 is 5.78 Å². The molecule has 0 aromatic heterocycles. The molecule has 1 unspecified atom stereocenters. The minimum Gasteiger partial charge on any atom is -0.314 e. The lowest BCUT2D eigenvalue weighted by atomic mass is 9.97. The average molecular weight is 411 g/mol. The first-order chi connectivity index (χ1) is 14.0. The van der Waals surface area contributed by atoms with Gasteiger partial charge in [-0.1, -0.05) is 77.4 Å². The van der Waals surface area contributed by atoms with Crippen molar-refractivity contribution in [1.82, 2.24) is 9.96 Å². The molecule has 0 heterocycles. The minimum atomic E-state index is -0.0910. The first-order valence-electron chi connectivity index (χ1n) is 12.3. The fraction of sp³-hybridized carbons (Fsp3) is 0.880. The van der Waals surface area contributed by atoms with E-state index in [1.807, 2.05) is 25.9 Å². The van der Waals surface area contributed by atoms with Gasteiger partial charge in [-0.05, 0) is 46.2 Å². The van der Waals surface area contributed by atoms with Gasteiger partial charge in [0.05, 0.1) is 0 Å². The lowest BCUT2D eigenvalue weighted by Gasteiger charge is -2.23. The van der Waals surface area contributed by atoms with E-state index in [1.165, 1.54) is 75.7 Å². The van der Waals surface area contributed by atoms with Gasteiger partial charge in [-0.15, -0.1) is 0 Å². The smallest absolute Gasteiger partial charge is 0.138 e. The Kier molecular flexibility index (Phi) is 20.1. The number of ketones is 1. The molecule has 0 saturated heterocycles. The van der Waals surface area contributed by atoms with Crippen molar-refractivity contribution in [3.63, 3.8) is 0 Å². The molecule has 1 N–H and O–H groups in total. The van der Waals surface area contributed by atoms with Crippen molar-refractivity contribution in [2.24, 2.45) is 5.92 Å². The molecule has 29 heavy (non-hydrogen) atoms. The van der Waals surface area contributed by atoms with Gasteiger partial charge in [0.25, 0.3) is 0 Å². The minimum absolute atomic E-state index is 0.0910. The first-order valence-corrected chi connectivity index (χ1v) is 12.3. The van der Waals surface area contributed by atoms with Gasteiger partial charge in [-0.3, -0.25) is 4.79 Å². The van der Waals surface area contributed by atoms with Crippen LogP contribution in [0.4, 0.5) is 0 Å². The molecule has 1 atom stereocenters. The van der Waals surface area contributed by atoms with Crippen LogP contribution in [-0.2, 0) is 4.79 Å². The van der Waals surface area contributed by atoms with Crippen LogP contribution in [0.1, 0.15) is 104 Å². The highest BCUT2D eigenvalue weighted by molar-refractivity contribution is 5.81. The zero-order valence-corrected chi connectivity index (χ0v) is 20.0. The van der Waals surface area contributed by atoms with Crippen LogP contribution in [0.25, 0.3) is 0 Å². The number of hydrogen-bond acceptors (Lipinski definition) is 4. The molecule has 0 amide bonds. The zero-order chi connectivity index (χ0) is 21.7. The van der Waals surface area contributed by atoms with Crippen molar-refractivity contribution in [2.45, 2.75) is 104 Å². The van der Waals surface area contributed by atoms with Crippen LogP contribution in [-0.4, -0.2) is 54.7 Å². The highest BCUT2D eigenvalue weighted by Crippen LogP contribution is 2.13. The molecule has 0 rings (SSSR count). The van der Waals surface area contributed by atoms with Crippen molar-refractivity contribution < 1.29 is 10.0 Å². The maximum Gasteiger partial charge on any atom is 0.138 e. The SMILES string of the molecule is CCCCCCCC/C=C\CCCCCCCC(=O)C(CN(C)C)CN(O)CC. The number of carbonyl (C=O) groups is 1. The Balaban J connectivity index is 3.64. The number of hydrogen-bond donors (Lipinski definition) is 1. The van der Waals surface area contributed by atoms with E-state index in [-0.39, 0.29) is 5.92 Å². The van der Waals surface area contributed by atoms with Crippen LogP contribution in [0.2, 0.25) is 0 Å². The first kappa shape index (κ1) is 28.3. The lowest BCUT2D eigenvalue weighted by Crippen LogP contribution is -2.37. The summed E-state index contributed by atoms with van der Waals surface area (Å²) in [6.07, 6.45) is 21.9. The van der Waals surface area contributed by atoms with Crippen LogP contribution in [0.5, 0.6) is 0 Å². The fourth-order valence-corrected chi connectivity index (χ4v) is 3.66. The highest BCUT2D eigenvalue weighted by atomic mass is 16.5. The Labute approximate surface area is 181 Å². The molecule has 0 aliphatic heterocycles. The fourth-order valence-electron chi connectivity index (χ4n) is 3.66. The summed E-state index contributed by atoms with van der Waals surface area (Å²) in [4.78, 5) is 14.5. The molecule has 0 bridgehead atoms. The summed E-state index contributed by atoms with van der Waals surface area (Å²) in [5, 5.41) is 11.0. The summed E-state index contributed by atoms with van der Waals surface area (Å²) in [5.41, 5.74) is 0. The Bertz CT molecular complexity index is 396. The van der Waals surface area contributed by atoms with Gasteiger partial charge >= 0.3 is 0 Å². The molecule has 0 saturated carbocycles. The Morgan fingerprint density at radius 1 is 0.793 bits per heavy atom. The maximum absolute atomic E-state index is 12.5. The summed E-state index contributed by atoms with van der Waals surface area (Å²) in [5.74, 6) is 0.204. The molecule has 4 heteroatoms. The van der Waals surface area contributed by atoms with Gasteiger partial charge in [0.15, 0.2) is 0 Å². The second-order valence-electron chi connectivity index (χ2n) is 8.77. The molecule has 0 fully saturated rings. The topological polar surface area (TPSA) is 43.8 Å². The number of rotatable bonds is 21. The predicted octanol–water partition coefficient (Wildman–Crippen LogP) is 6.48. The summed E-state index contributed by atoms with van der Waals surface area (Å²) in [6, 6.07) is 0. The van der Waals surface area contributed by atoms with Gasteiger partial charge in [-0.2, -0.15) is 5.06 Å². The van der Waals surface area contributed by atoms with Crippen LogP contribution in [0.15, 0.2) is 12.2 Å². The number of hydroxylamine groups is 2. The zero-order valence-electron chi connectivity index (χ0n) is 20.0. The molecular formula is C25H50N2O2.